The fourth-order valence-corrected chi connectivity index (χ4v) is 3.68. The van der Waals surface area contributed by atoms with Gasteiger partial charge in [-0.2, -0.15) is 0 Å². The third kappa shape index (κ3) is 3.69. The van der Waals surface area contributed by atoms with Gasteiger partial charge >= 0.3 is 0 Å². The Morgan fingerprint density at radius 3 is 2.87 bits per heavy atom. The van der Waals surface area contributed by atoms with Crippen molar-refractivity contribution in [3.63, 3.8) is 0 Å². The van der Waals surface area contributed by atoms with Crippen LogP contribution in [0.5, 0.6) is 17.2 Å². The van der Waals surface area contributed by atoms with E-state index in [4.69, 9.17) is 18.6 Å². The van der Waals surface area contributed by atoms with Crippen LogP contribution in [0.2, 0.25) is 0 Å². The Bertz CT molecular complexity index is 1130. The maximum absolute atomic E-state index is 12.5. The van der Waals surface area contributed by atoms with Crippen LogP contribution in [0.25, 0.3) is 0 Å². The first-order valence-corrected chi connectivity index (χ1v) is 10.1. The number of hydrogen-bond acceptors (Lipinski definition) is 9. The lowest BCUT2D eigenvalue weighted by molar-refractivity contribution is -0.118. The minimum absolute atomic E-state index is 0.0308. The van der Waals surface area contributed by atoms with E-state index in [1.807, 2.05) is 18.2 Å². The third-order valence-electron chi connectivity index (χ3n) is 4.47. The van der Waals surface area contributed by atoms with Gasteiger partial charge in [-0.25, -0.2) is 0 Å². The second-order valence-electron chi connectivity index (χ2n) is 6.53. The summed E-state index contributed by atoms with van der Waals surface area (Å²) in [6.07, 6.45) is -0.512. The summed E-state index contributed by atoms with van der Waals surface area (Å²) in [4.78, 5) is 24.0. The molecule has 2 aliphatic heterocycles. The van der Waals surface area contributed by atoms with E-state index in [1.54, 1.807) is 24.3 Å². The lowest BCUT2D eigenvalue weighted by atomic mass is 10.1. The minimum atomic E-state index is -0.512. The summed E-state index contributed by atoms with van der Waals surface area (Å²) >= 11 is 1.13. The lowest BCUT2D eigenvalue weighted by Crippen LogP contribution is -2.25. The molecule has 0 aliphatic carbocycles. The Labute approximate surface area is 174 Å². The minimum Gasteiger partial charge on any atom is -0.485 e. The number of carbonyl (C=O) groups is 2. The molecule has 2 aliphatic rings. The van der Waals surface area contributed by atoms with Crippen molar-refractivity contribution >= 4 is 29.1 Å². The summed E-state index contributed by atoms with van der Waals surface area (Å²) in [6.45, 7) is 0.224. The molecule has 10 heteroatoms. The summed E-state index contributed by atoms with van der Waals surface area (Å²) in [7, 11) is 0. The first-order valence-electron chi connectivity index (χ1n) is 9.10. The third-order valence-corrected chi connectivity index (χ3v) is 5.29. The number of fused-ring (bicyclic) bond motifs is 2. The molecule has 1 unspecified atom stereocenters. The van der Waals surface area contributed by atoms with Crippen LogP contribution >= 0.6 is 11.8 Å². The highest BCUT2D eigenvalue weighted by molar-refractivity contribution is 7.99. The molecule has 30 heavy (non-hydrogen) atoms. The van der Waals surface area contributed by atoms with Crippen molar-refractivity contribution < 1.29 is 28.2 Å². The molecular weight excluding hydrogens is 410 g/mol. The number of nitrogens with zero attached hydrogens (tertiary/aromatic N) is 2. The molecule has 0 fully saturated rings. The van der Waals surface area contributed by atoms with Gasteiger partial charge in [-0.15, -0.1) is 10.2 Å². The predicted octanol–water partition coefficient (Wildman–Crippen LogP) is 2.89. The second kappa shape index (κ2) is 7.71. The van der Waals surface area contributed by atoms with Crippen molar-refractivity contribution in [2.75, 3.05) is 24.3 Å². The summed E-state index contributed by atoms with van der Waals surface area (Å²) in [5.74, 6) is 1.80. The van der Waals surface area contributed by atoms with E-state index in [2.05, 4.69) is 15.5 Å². The van der Waals surface area contributed by atoms with Crippen LogP contribution in [0, 0.1) is 0 Å². The van der Waals surface area contributed by atoms with Gasteiger partial charge in [0, 0.05) is 5.56 Å². The van der Waals surface area contributed by atoms with E-state index in [0.29, 0.717) is 28.5 Å². The normalized spacial score (nSPS) is 16.9. The number of carbonyl (C=O) groups excluding carboxylic acids is 2. The highest BCUT2D eigenvalue weighted by Crippen LogP contribution is 2.36. The number of ketones is 1. The fraction of sp³-hybridized carbons (Fsp3) is 0.200. The topological polar surface area (TPSA) is 113 Å². The van der Waals surface area contributed by atoms with Gasteiger partial charge in [0.1, 0.15) is 12.4 Å². The zero-order valence-electron chi connectivity index (χ0n) is 15.5. The number of aromatic nitrogens is 2. The largest absolute Gasteiger partial charge is 0.485 e. The Morgan fingerprint density at radius 1 is 1.10 bits per heavy atom. The van der Waals surface area contributed by atoms with Crippen molar-refractivity contribution in [3.05, 3.63) is 53.9 Å². The van der Waals surface area contributed by atoms with Gasteiger partial charge in [-0.05, 0) is 30.3 Å². The van der Waals surface area contributed by atoms with Crippen molar-refractivity contribution in [2.24, 2.45) is 0 Å². The van der Waals surface area contributed by atoms with Crippen LogP contribution in [0.3, 0.4) is 0 Å². The first-order chi connectivity index (χ1) is 14.7. The number of ether oxygens (including phenoxy) is 3. The Balaban J connectivity index is 1.22. The summed E-state index contributed by atoms with van der Waals surface area (Å²) < 4.78 is 22.4. The molecule has 0 spiro atoms. The average molecular weight is 425 g/mol. The van der Waals surface area contributed by atoms with Crippen molar-refractivity contribution in [1.82, 2.24) is 10.2 Å². The smallest absolute Gasteiger partial charge is 0.277 e. The first kappa shape index (κ1) is 18.5. The molecule has 152 valence electrons. The molecule has 0 radical (unpaired) electrons. The molecule has 0 bridgehead atoms. The van der Waals surface area contributed by atoms with Gasteiger partial charge in [0.2, 0.25) is 6.10 Å². The van der Waals surface area contributed by atoms with Crippen molar-refractivity contribution in [3.8, 4) is 17.2 Å². The second-order valence-corrected chi connectivity index (χ2v) is 7.46. The molecule has 9 nitrogen and oxygen atoms in total. The van der Waals surface area contributed by atoms with E-state index in [-0.39, 0.29) is 41.8 Å². The van der Waals surface area contributed by atoms with Crippen LogP contribution in [-0.4, -0.2) is 40.9 Å². The summed E-state index contributed by atoms with van der Waals surface area (Å²) in [5.41, 5.74) is 0.935. The number of hydrogen-bond donors (Lipinski definition) is 1. The highest BCUT2D eigenvalue weighted by Gasteiger charge is 2.27. The lowest BCUT2D eigenvalue weighted by Gasteiger charge is -2.23. The zero-order valence-corrected chi connectivity index (χ0v) is 16.3. The Morgan fingerprint density at radius 2 is 1.97 bits per heavy atom. The maximum atomic E-state index is 12.5. The number of benzene rings is 2. The molecule has 1 N–H and O–H groups in total. The van der Waals surface area contributed by atoms with Crippen molar-refractivity contribution in [1.29, 1.82) is 0 Å². The van der Waals surface area contributed by atoms with Crippen LogP contribution in [-0.2, 0) is 4.79 Å². The SMILES string of the molecule is O=C1COc2ccc(C(=O)CSc3nnc(C4COc5ccccc5O4)o3)cc2N1. The van der Waals surface area contributed by atoms with Gasteiger partial charge in [0.15, 0.2) is 23.9 Å². The fourth-order valence-electron chi connectivity index (χ4n) is 3.02. The van der Waals surface area contributed by atoms with Gasteiger partial charge < -0.3 is 23.9 Å². The molecule has 0 saturated heterocycles. The highest BCUT2D eigenvalue weighted by atomic mass is 32.2. The summed E-state index contributed by atoms with van der Waals surface area (Å²) in [6, 6.07) is 12.3. The quantitative estimate of drug-likeness (QED) is 0.487. The molecule has 2 aromatic carbocycles. The Kier molecular flexibility index (Phi) is 4.75. The van der Waals surface area contributed by atoms with Gasteiger partial charge in [0.25, 0.3) is 17.0 Å². The molecular formula is C20H15N3O6S. The molecule has 5 rings (SSSR count). The number of anilines is 1. The van der Waals surface area contributed by atoms with E-state index in [0.717, 1.165) is 11.8 Å². The number of nitrogens with one attached hydrogen (secondary N) is 1. The number of para-hydroxylation sites is 2. The average Bonchev–Trinajstić information content (AvgIpc) is 3.25. The number of amides is 1. The number of rotatable bonds is 5. The molecule has 3 heterocycles. The zero-order chi connectivity index (χ0) is 20.5. The van der Waals surface area contributed by atoms with Crippen LogP contribution < -0.4 is 19.5 Å². The monoisotopic (exact) mass is 425 g/mol. The van der Waals surface area contributed by atoms with E-state index < -0.39 is 6.10 Å². The predicted molar refractivity (Wildman–Crippen MR) is 105 cm³/mol. The van der Waals surface area contributed by atoms with Crippen LogP contribution in [0.15, 0.2) is 52.1 Å². The Hall–Kier alpha value is -3.53. The molecule has 1 aromatic heterocycles. The van der Waals surface area contributed by atoms with Crippen LogP contribution in [0.1, 0.15) is 22.4 Å². The van der Waals surface area contributed by atoms with Crippen LogP contribution in [0.4, 0.5) is 5.69 Å². The van der Waals surface area contributed by atoms with Crippen molar-refractivity contribution in [2.45, 2.75) is 11.3 Å². The maximum Gasteiger partial charge on any atom is 0.277 e. The van der Waals surface area contributed by atoms with Gasteiger partial charge in [0.05, 0.1) is 11.4 Å². The molecule has 1 atom stereocenters. The van der Waals surface area contributed by atoms with E-state index >= 15 is 0 Å². The number of thioether (sulfide) groups is 1. The number of Topliss-reactive ketones (excluding diaryl/α,β-unsaturated/α-hetero) is 1. The molecule has 1 amide bonds. The summed E-state index contributed by atoms with van der Waals surface area (Å²) in [5, 5.41) is 10.9. The molecule has 3 aromatic rings. The van der Waals surface area contributed by atoms with Gasteiger partial charge in [-0.1, -0.05) is 23.9 Å². The van der Waals surface area contributed by atoms with E-state index in [9.17, 15) is 9.59 Å². The van der Waals surface area contributed by atoms with Gasteiger partial charge in [-0.3, -0.25) is 9.59 Å². The standard InChI is InChI=1S/C20H15N3O6S/c24-13(11-5-6-14-12(7-11)21-18(25)9-27-14)10-30-20-23-22-19(29-20)17-8-26-15-3-1-2-4-16(15)28-17/h1-7,17H,8-10H2,(H,21,25). The van der Waals surface area contributed by atoms with E-state index in [1.165, 1.54) is 0 Å². The molecule has 0 saturated carbocycles.